The summed E-state index contributed by atoms with van der Waals surface area (Å²) >= 11 is 0.786. The van der Waals surface area contributed by atoms with Crippen LogP contribution in [0.25, 0.3) is 0 Å². The van der Waals surface area contributed by atoms with Crippen LogP contribution in [0.5, 0.6) is 0 Å². The van der Waals surface area contributed by atoms with Gasteiger partial charge in [-0.3, -0.25) is 0 Å². The predicted molar refractivity (Wildman–Crippen MR) is 39.3 cm³/mol. The van der Waals surface area contributed by atoms with Crippen LogP contribution in [0, 0.1) is 0 Å². The summed E-state index contributed by atoms with van der Waals surface area (Å²) in [5, 5.41) is 17.1. The number of hydrogen-bond acceptors (Lipinski definition) is 4. The molecule has 0 aliphatic heterocycles. The number of carbonyl (C=O) groups is 2. The molecule has 0 bridgehead atoms. The van der Waals surface area contributed by atoms with Crippen molar-refractivity contribution in [3.8, 4) is 0 Å². The maximum absolute atomic E-state index is 9.93. The van der Waals surface area contributed by atoms with Crippen LogP contribution >= 0.6 is 11.8 Å². The molecular weight excluding hydrogens is 168 g/mol. The zero-order valence-corrected chi connectivity index (χ0v) is 6.73. The summed E-state index contributed by atoms with van der Waals surface area (Å²) in [5.74, 6) is -0.617. The van der Waals surface area contributed by atoms with E-state index in [-0.39, 0.29) is 6.42 Å². The normalized spacial score (nSPS) is 9.45. The van der Waals surface area contributed by atoms with Gasteiger partial charge in [-0.25, -0.2) is 4.79 Å². The minimum atomic E-state index is -1.08. The third kappa shape index (κ3) is 9.29. The molecule has 64 valence electrons. The number of hydrogen-bond donors (Lipinski definition) is 1. The second-order valence-corrected chi connectivity index (χ2v) is 2.99. The average molecular weight is 177 g/mol. The smallest absolute Gasteiger partial charge is 0.364 e. The Morgan fingerprint density at radius 3 is 2.45 bits per heavy atom. The third-order valence-corrected chi connectivity index (χ3v) is 1.74. The van der Waals surface area contributed by atoms with Gasteiger partial charge in [-0.15, -0.1) is 0 Å². The van der Waals surface area contributed by atoms with Crippen molar-refractivity contribution in [1.82, 2.24) is 0 Å². The van der Waals surface area contributed by atoms with Crippen molar-refractivity contribution < 1.29 is 19.8 Å². The van der Waals surface area contributed by atoms with Crippen molar-refractivity contribution in [2.75, 3.05) is 5.75 Å². The van der Waals surface area contributed by atoms with E-state index in [1.54, 1.807) is 0 Å². The number of thioether (sulfide) groups is 1. The maximum Gasteiger partial charge on any atom is 0.364 e. The highest BCUT2D eigenvalue weighted by molar-refractivity contribution is 8.13. The standard InChI is InChI=1S/C6H10O4S/c7-5(8)3-1-2-4-11-6(9)10/h1-4H2,(H,7,8)(H,9,10)/p-1. The summed E-state index contributed by atoms with van der Waals surface area (Å²) in [7, 11) is 0. The molecule has 0 atom stereocenters. The van der Waals surface area contributed by atoms with Gasteiger partial charge in [0.1, 0.15) is 0 Å². The quantitative estimate of drug-likeness (QED) is 0.612. The van der Waals surface area contributed by atoms with Crippen LogP contribution in [-0.4, -0.2) is 22.1 Å². The molecule has 0 heterocycles. The van der Waals surface area contributed by atoms with Crippen molar-refractivity contribution in [3.63, 3.8) is 0 Å². The van der Waals surface area contributed by atoms with E-state index in [1.165, 1.54) is 0 Å². The molecule has 0 aromatic heterocycles. The molecule has 11 heavy (non-hydrogen) atoms. The first-order valence-electron chi connectivity index (χ1n) is 3.18. The lowest BCUT2D eigenvalue weighted by molar-refractivity contribution is -0.305. The third-order valence-electron chi connectivity index (χ3n) is 1.00. The fraction of sp³-hybridized carbons (Fsp3) is 0.667. The van der Waals surface area contributed by atoms with Gasteiger partial charge in [0.05, 0.1) is 0 Å². The molecule has 0 radical (unpaired) electrons. The molecule has 0 aliphatic carbocycles. The van der Waals surface area contributed by atoms with E-state index in [4.69, 9.17) is 5.11 Å². The van der Waals surface area contributed by atoms with Gasteiger partial charge in [-0.1, -0.05) is 0 Å². The van der Waals surface area contributed by atoms with Gasteiger partial charge < -0.3 is 15.0 Å². The van der Waals surface area contributed by atoms with Crippen LogP contribution in [0.4, 0.5) is 4.79 Å². The van der Waals surface area contributed by atoms with Gasteiger partial charge in [0.25, 0.3) is 0 Å². The van der Waals surface area contributed by atoms with Crippen molar-refractivity contribution in [2.45, 2.75) is 19.3 Å². The van der Waals surface area contributed by atoms with Gasteiger partial charge in [-0.2, -0.15) is 0 Å². The molecule has 0 aromatic rings. The van der Waals surface area contributed by atoms with E-state index in [0.717, 1.165) is 11.8 Å². The fourth-order valence-electron chi connectivity index (χ4n) is 0.531. The second kappa shape index (κ2) is 6.03. The Hall–Kier alpha value is -0.710. The van der Waals surface area contributed by atoms with Gasteiger partial charge >= 0.3 is 5.30 Å². The molecule has 4 nitrogen and oxygen atoms in total. The first kappa shape index (κ1) is 10.3. The molecule has 0 rings (SSSR count). The van der Waals surface area contributed by atoms with Gasteiger partial charge in [0.2, 0.25) is 0 Å². The summed E-state index contributed by atoms with van der Waals surface area (Å²) in [6.07, 6.45) is 1.10. The molecule has 0 aromatic carbocycles. The summed E-state index contributed by atoms with van der Waals surface area (Å²) < 4.78 is 0. The maximum atomic E-state index is 9.93. The summed E-state index contributed by atoms with van der Waals surface area (Å²) in [4.78, 5) is 19.8. The summed E-state index contributed by atoms with van der Waals surface area (Å²) in [5.41, 5.74) is 0. The monoisotopic (exact) mass is 177 g/mol. The van der Waals surface area contributed by atoms with Crippen LogP contribution in [0.1, 0.15) is 19.3 Å². The lowest BCUT2D eigenvalue weighted by Crippen LogP contribution is -2.21. The molecule has 0 aliphatic rings. The molecular formula is C6H9O4S-. The average Bonchev–Trinajstić information content (AvgIpc) is 1.85. The number of aliphatic carboxylic acids is 1. The molecule has 0 fully saturated rings. The molecule has 1 N–H and O–H groups in total. The Labute approximate surface area is 68.6 Å². The van der Waals surface area contributed by atoms with Crippen LogP contribution in [-0.2, 0) is 4.79 Å². The van der Waals surface area contributed by atoms with Crippen molar-refractivity contribution in [2.24, 2.45) is 0 Å². The number of carboxylic acids is 1. The van der Waals surface area contributed by atoms with Gasteiger partial charge in [-0.05, 0) is 31.0 Å². The zero-order valence-electron chi connectivity index (χ0n) is 5.91. The molecule has 0 unspecified atom stereocenters. The van der Waals surface area contributed by atoms with E-state index in [2.05, 4.69) is 0 Å². The van der Waals surface area contributed by atoms with Crippen LogP contribution in [0.15, 0.2) is 0 Å². The first-order valence-corrected chi connectivity index (χ1v) is 4.17. The summed E-state index contributed by atoms with van der Waals surface area (Å²) in [6, 6.07) is 0. The highest BCUT2D eigenvalue weighted by atomic mass is 32.2. The molecule has 0 amide bonds. The highest BCUT2D eigenvalue weighted by Crippen LogP contribution is 2.06. The van der Waals surface area contributed by atoms with Crippen LogP contribution in [0.3, 0.4) is 0 Å². The largest absolute Gasteiger partial charge is 0.550 e. The summed E-state index contributed by atoms with van der Waals surface area (Å²) in [6.45, 7) is 0. The number of carboxylic acid groups (broad SMARTS) is 2. The Morgan fingerprint density at radius 1 is 1.36 bits per heavy atom. The van der Waals surface area contributed by atoms with E-state index >= 15 is 0 Å². The first-order chi connectivity index (χ1) is 5.13. The topological polar surface area (TPSA) is 77.4 Å². The minimum Gasteiger partial charge on any atom is -0.550 e. The Balaban J connectivity index is 3.03. The van der Waals surface area contributed by atoms with E-state index in [9.17, 15) is 14.7 Å². The van der Waals surface area contributed by atoms with Crippen molar-refractivity contribution in [3.05, 3.63) is 0 Å². The Kier molecular flexibility index (Phi) is 5.64. The number of rotatable bonds is 5. The van der Waals surface area contributed by atoms with Gasteiger partial charge in [0, 0.05) is 11.7 Å². The van der Waals surface area contributed by atoms with Crippen molar-refractivity contribution >= 4 is 23.0 Å². The Bertz CT molecular complexity index is 130. The molecule has 0 saturated heterocycles. The second-order valence-electron chi connectivity index (χ2n) is 1.94. The molecule has 0 saturated carbocycles. The number of unbranched alkanes of at least 4 members (excludes halogenated alkanes) is 1. The molecule has 0 spiro atoms. The Morgan fingerprint density at radius 2 is 2.00 bits per heavy atom. The molecule has 5 heteroatoms. The fourth-order valence-corrected chi connectivity index (χ4v) is 1.05. The van der Waals surface area contributed by atoms with E-state index in [0.29, 0.717) is 18.6 Å². The van der Waals surface area contributed by atoms with Crippen LogP contribution < -0.4 is 5.11 Å². The minimum absolute atomic E-state index is 0.0141. The van der Waals surface area contributed by atoms with Gasteiger partial charge in [0.15, 0.2) is 0 Å². The van der Waals surface area contributed by atoms with Crippen molar-refractivity contribution in [1.29, 1.82) is 0 Å². The lowest BCUT2D eigenvalue weighted by atomic mass is 10.3. The number of carbonyl (C=O) groups excluding carboxylic acids is 1. The highest BCUT2D eigenvalue weighted by Gasteiger charge is 1.96. The van der Waals surface area contributed by atoms with Crippen LogP contribution in [0.2, 0.25) is 0 Å². The predicted octanol–water partition coefficient (Wildman–Crippen LogP) is 0.318. The van der Waals surface area contributed by atoms with E-state index in [1.807, 2.05) is 0 Å². The van der Waals surface area contributed by atoms with E-state index < -0.39 is 11.3 Å². The SMILES string of the molecule is O=C([O-])CCCCSC(=O)O. The lowest BCUT2D eigenvalue weighted by Gasteiger charge is -1.99. The zero-order chi connectivity index (χ0) is 8.69.